The summed E-state index contributed by atoms with van der Waals surface area (Å²) in [5.41, 5.74) is 0.736. The molecule has 0 bridgehead atoms. The van der Waals surface area contributed by atoms with E-state index in [1.807, 2.05) is 6.07 Å². The minimum Gasteiger partial charge on any atom is -0.493 e. The molecule has 0 fully saturated rings. The molecule has 1 atom stereocenters. The average molecular weight is 442 g/mol. The van der Waals surface area contributed by atoms with Crippen LogP contribution in [0.3, 0.4) is 0 Å². The molecule has 2 aromatic rings. The lowest BCUT2D eigenvalue weighted by Gasteiger charge is -2.28. The van der Waals surface area contributed by atoms with Crippen LogP contribution in [0.2, 0.25) is 0 Å². The zero-order valence-electron chi connectivity index (χ0n) is 17.1. The van der Waals surface area contributed by atoms with Crippen molar-refractivity contribution in [3.05, 3.63) is 53.6 Å². The summed E-state index contributed by atoms with van der Waals surface area (Å²) in [4.78, 5) is 12.5. The van der Waals surface area contributed by atoms with E-state index in [4.69, 9.17) is 9.47 Å². The van der Waals surface area contributed by atoms with Gasteiger partial charge in [0.1, 0.15) is 6.04 Å². The topological polar surface area (TPSA) is 84.9 Å². The Morgan fingerprint density at radius 1 is 1.07 bits per heavy atom. The number of amides is 1. The molecule has 2 aromatic carbocycles. The van der Waals surface area contributed by atoms with Gasteiger partial charge in [0.05, 0.1) is 26.2 Å². The molecule has 0 aliphatic heterocycles. The summed E-state index contributed by atoms with van der Waals surface area (Å²) in [6.45, 7) is 1.60. The molecule has 1 amide bonds. The number of carbonyl (C=O) groups is 1. The van der Waals surface area contributed by atoms with Crippen molar-refractivity contribution in [2.24, 2.45) is 0 Å². The molecule has 0 saturated carbocycles. The van der Waals surface area contributed by atoms with E-state index in [0.29, 0.717) is 17.9 Å². The van der Waals surface area contributed by atoms with Crippen molar-refractivity contribution in [1.29, 1.82) is 0 Å². The normalized spacial score (nSPS) is 12.2. The fourth-order valence-corrected chi connectivity index (χ4v) is 4.11. The maximum atomic E-state index is 13.6. The van der Waals surface area contributed by atoms with Gasteiger partial charge in [-0.05, 0) is 43.2 Å². The molecule has 0 spiro atoms. The molecule has 7 nitrogen and oxygen atoms in total. The van der Waals surface area contributed by atoms with Crippen molar-refractivity contribution in [2.75, 3.05) is 31.3 Å². The largest absolute Gasteiger partial charge is 0.493 e. The third kappa shape index (κ3) is 5.59. The lowest BCUT2D eigenvalue weighted by molar-refractivity contribution is -0.121. The zero-order chi connectivity index (χ0) is 22.5. The van der Waals surface area contributed by atoms with Gasteiger partial charge in [-0.25, -0.2) is 17.2 Å². The summed E-state index contributed by atoms with van der Waals surface area (Å²) in [6.07, 6.45) is 1.35. The molecular weight excluding hydrogens is 418 g/mol. The van der Waals surface area contributed by atoms with Crippen molar-refractivity contribution >= 4 is 21.6 Å². The van der Waals surface area contributed by atoms with E-state index in [9.17, 15) is 22.0 Å². The molecule has 0 aliphatic rings. The fraction of sp³-hybridized carbons (Fsp3) is 0.350. The quantitative estimate of drug-likeness (QED) is 0.645. The highest BCUT2D eigenvalue weighted by molar-refractivity contribution is 7.92. The number of methoxy groups -OCH3 is 2. The number of nitrogens with zero attached hydrogens (tertiary/aromatic N) is 1. The molecule has 1 unspecified atom stereocenters. The Labute approximate surface area is 174 Å². The molecule has 164 valence electrons. The van der Waals surface area contributed by atoms with Crippen LogP contribution in [0.25, 0.3) is 0 Å². The Balaban J connectivity index is 2.10. The fourth-order valence-electron chi connectivity index (χ4n) is 2.94. The lowest BCUT2D eigenvalue weighted by atomic mass is 10.1. The van der Waals surface area contributed by atoms with E-state index in [1.165, 1.54) is 21.1 Å². The van der Waals surface area contributed by atoms with E-state index in [1.54, 1.807) is 12.1 Å². The maximum Gasteiger partial charge on any atom is 0.243 e. The molecule has 0 heterocycles. The van der Waals surface area contributed by atoms with Crippen molar-refractivity contribution < 1.29 is 31.5 Å². The average Bonchev–Trinajstić information content (AvgIpc) is 2.69. The molecule has 0 radical (unpaired) electrons. The second-order valence-corrected chi connectivity index (χ2v) is 8.42. The van der Waals surface area contributed by atoms with Gasteiger partial charge in [-0.15, -0.1) is 0 Å². The number of nitrogens with one attached hydrogen (secondary N) is 1. The lowest BCUT2D eigenvalue weighted by Crippen LogP contribution is -2.48. The number of halogens is 2. The van der Waals surface area contributed by atoms with E-state index in [2.05, 4.69) is 5.32 Å². The van der Waals surface area contributed by atoms with E-state index in [-0.39, 0.29) is 12.2 Å². The Kier molecular flexibility index (Phi) is 7.60. The van der Waals surface area contributed by atoms with Gasteiger partial charge in [-0.1, -0.05) is 6.07 Å². The summed E-state index contributed by atoms with van der Waals surface area (Å²) in [5, 5.41) is 2.66. The summed E-state index contributed by atoms with van der Waals surface area (Å²) in [6, 6.07) is 6.82. The molecule has 10 heteroatoms. The van der Waals surface area contributed by atoms with E-state index < -0.39 is 33.6 Å². The minimum absolute atomic E-state index is 0.140. The first-order chi connectivity index (χ1) is 14.1. The molecule has 0 aromatic heterocycles. The first-order valence-corrected chi connectivity index (χ1v) is 10.9. The SMILES string of the molecule is COc1ccc(CCNC(=O)C(C)N(c2ccc(F)c(F)c2)S(C)(=O)=O)cc1OC. The second-order valence-electron chi connectivity index (χ2n) is 6.56. The Hall–Kier alpha value is -2.88. The minimum atomic E-state index is -3.93. The first kappa shape index (κ1) is 23.4. The number of hydrogen-bond donors (Lipinski definition) is 1. The zero-order valence-corrected chi connectivity index (χ0v) is 17.9. The highest BCUT2D eigenvalue weighted by atomic mass is 32.2. The van der Waals surface area contributed by atoms with Gasteiger partial charge < -0.3 is 14.8 Å². The number of sulfonamides is 1. The molecule has 1 N–H and O–H groups in total. The van der Waals surface area contributed by atoms with Crippen LogP contribution in [0.15, 0.2) is 36.4 Å². The number of rotatable bonds is 9. The third-order valence-corrected chi connectivity index (χ3v) is 5.65. The van der Waals surface area contributed by atoms with Crippen LogP contribution in [0.1, 0.15) is 12.5 Å². The molecule has 0 saturated heterocycles. The van der Waals surface area contributed by atoms with Gasteiger partial charge in [-0.2, -0.15) is 0 Å². The Morgan fingerprint density at radius 3 is 2.30 bits per heavy atom. The molecule has 2 rings (SSSR count). The predicted octanol–water partition coefficient (Wildman–Crippen LogP) is 2.50. The highest BCUT2D eigenvalue weighted by Crippen LogP contribution is 2.27. The van der Waals surface area contributed by atoms with Gasteiger partial charge in [0, 0.05) is 12.6 Å². The highest BCUT2D eigenvalue weighted by Gasteiger charge is 2.29. The van der Waals surface area contributed by atoms with Crippen molar-refractivity contribution in [2.45, 2.75) is 19.4 Å². The van der Waals surface area contributed by atoms with Crippen LogP contribution in [0, 0.1) is 11.6 Å². The number of anilines is 1. The number of hydrogen-bond acceptors (Lipinski definition) is 5. The van der Waals surface area contributed by atoms with Crippen LogP contribution in [-0.4, -0.2) is 47.4 Å². The van der Waals surface area contributed by atoms with Gasteiger partial charge in [-0.3, -0.25) is 9.10 Å². The number of benzene rings is 2. The molecule has 0 aliphatic carbocycles. The van der Waals surface area contributed by atoms with Crippen LogP contribution in [0.5, 0.6) is 11.5 Å². The summed E-state index contributed by atoms with van der Waals surface area (Å²) < 4.78 is 62.4. The Bertz CT molecular complexity index is 1010. The third-order valence-electron chi connectivity index (χ3n) is 4.41. The maximum absolute atomic E-state index is 13.6. The van der Waals surface area contributed by atoms with Gasteiger partial charge in [0.15, 0.2) is 23.1 Å². The van der Waals surface area contributed by atoms with Crippen LogP contribution >= 0.6 is 0 Å². The summed E-state index contributed by atoms with van der Waals surface area (Å²) in [7, 11) is -0.888. The van der Waals surface area contributed by atoms with Crippen molar-refractivity contribution in [1.82, 2.24) is 5.32 Å². The van der Waals surface area contributed by atoms with Gasteiger partial charge >= 0.3 is 0 Å². The summed E-state index contributed by atoms with van der Waals surface area (Å²) in [5.74, 6) is -1.77. The molecule has 30 heavy (non-hydrogen) atoms. The van der Waals surface area contributed by atoms with Crippen molar-refractivity contribution in [3.63, 3.8) is 0 Å². The predicted molar refractivity (Wildman–Crippen MR) is 109 cm³/mol. The van der Waals surface area contributed by atoms with Gasteiger partial charge in [0.25, 0.3) is 0 Å². The molecular formula is C20H24F2N2O5S. The second kappa shape index (κ2) is 9.75. The van der Waals surface area contributed by atoms with Crippen LogP contribution < -0.4 is 19.1 Å². The monoisotopic (exact) mass is 442 g/mol. The Morgan fingerprint density at radius 2 is 1.73 bits per heavy atom. The van der Waals surface area contributed by atoms with Crippen LogP contribution in [-0.2, 0) is 21.2 Å². The van der Waals surface area contributed by atoms with Crippen LogP contribution in [0.4, 0.5) is 14.5 Å². The first-order valence-electron chi connectivity index (χ1n) is 9.01. The van der Waals surface area contributed by atoms with Gasteiger partial charge in [0.2, 0.25) is 15.9 Å². The smallest absolute Gasteiger partial charge is 0.243 e. The number of carbonyl (C=O) groups excluding carboxylic acids is 1. The van der Waals surface area contributed by atoms with Crippen molar-refractivity contribution in [3.8, 4) is 11.5 Å². The summed E-state index contributed by atoms with van der Waals surface area (Å²) >= 11 is 0. The van der Waals surface area contributed by atoms with E-state index >= 15 is 0 Å². The standard InChI is InChI=1S/C20H24F2N2O5S/c1-13(24(30(4,26)27)15-6-7-16(21)17(22)12-15)20(25)23-10-9-14-5-8-18(28-2)19(11-14)29-3/h5-8,11-13H,9-10H2,1-4H3,(H,23,25). The van der Waals surface area contributed by atoms with E-state index in [0.717, 1.165) is 34.3 Å². The number of ether oxygens (including phenoxy) is 2.